The van der Waals surface area contributed by atoms with Gasteiger partial charge >= 0.3 is 0 Å². The summed E-state index contributed by atoms with van der Waals surface area (Å²) in [4.78, 5) is 11.9. The number of phenols is 1. The Labute approximate surface area is 114 Å². The van der Waals surface area contributed by atoms with Gasteiger partial charge in [0.15, 0.2) is 0 Å². The van der Waals surface area contributed by atoms with Gasteiger partial charge in [0.1, 0.15) is 5.75 Å². The van der Waals surface area contributed by atoms with Crippen LogP contribution in [0.4, 0.5) is 0 Å². The molecule has 1 aromatic carbocycles. The van der Waals surface area contributed by atoms with Crippen molar-refractivity contribution in [2.75, 3.05) is 6.54 Å². The van der Waals surface area contributed by atoms with E-state index in [1.165, 1.54) is 12.1 Å². The Balaban J connectivity index is 2.54. The highest BCUT2D eigenvalue weighted by Gasteiger charge is 2.24. The number of aromatic hydroxyl groups is 1. The van der Waals surface area contributed by atoms with E-state index in [-0.39, 0.29) is 18.2 Å². The van der Waals surface area contributed by atoms with Crippen LogP contribution in [0.5, 0.6) is 5.75 Å². The van der Waals surface area contributed by atoms with Gasteiger partial charge in [0.05, 0.1) is 5.60 Å². The molecular weight excluding hydrogens is 242 g/mol. The van der Waals surface area contributed by atoms with Crippen molar-refractivity contribution in [3.63, 3.8) is 0 Å². The number of hydrogen-bond acceptors (Lipinski definition) is 3. The number of phenolic OH excluding ortho intramolecular Hbond substituents is 1. The third kappa shape index (κ3) is 4.91. The number of benzene rings is 1. The summed E-state index contributed by atoms with van der Waals surface area (Å²) >= 11 is 0. The van der Waals surface area contributed by atoms with Crippen molar-refractivity contribution < 1.29 is 15.0 Å². The summed E-state index contributed by atoms with van der Waals surface area (Å²) in [5.74, 6) is -0.104. The van der Waals surface area contributed by atoms with E-state index < -0.39 is 5.60 Å². The minimum absolute atomic E-state index is 0.129. The molecule has 1 unspecified atom stereocenters. The van der Waals surface area contributed by atoms with E-state index >= 15 is 0 Å². The molecule has 4 heteroatoms. The molecule has 1 amide bonds. The fourth-order valence-electron chi connectivity index (χ4n) is 1.86. The maximum Gasteiger partial charge on any atom is 0.251 e. The first-order valence-electron chi connectivity index (χ1n) is 6.80. The quantitative estimate of drug-likeness (QED) is 0.709. The Kier molecular flexibility index (Phi) is 5.83. The Morgan fingerprint density at radius 2 is 1.89 bits per heavy atom. The highest BCUT2D eigenvalue weighted by Crippen LogP contribution is 2.18. The molecule has 0 heterocycles. The first-order chi connectivity index (χ1) is 9.00. The maximum absolute atomic E-state index is 11.9. The molecule has 0 aliphatic carbocycles. The average Bonchev–Trinajstić information content (AvgIpc) is 2.43. The van der Waals surface area contributed by atoms with Gasteiger partial charge in [-0.1, -0.05) is 26.7 Å². The van der Waals surface area contributed by atoms with E-state index in [0.717, 1.165) is 12.8 Å². The summed E-state index contributed by atoms with van der Waals surface area (Å²) in [7, 11) is 0. The lowest BCUT2D eigenvalue weighted by Crippen LogP contribution is -2.42. The summed E-state index contributed by atoms with van der Waals surface area (Å²) in [6, 6.07) is 6.06. The molecule has 0 bridgehead atoms. The van der Waals surface area contributed by atoms with E-state index in [9.17, 15) is 9.90 Å². The van der Waals surface area contributed by atoms with Gasteiger partial charge in [-0.15, -0.1) is 0 Å². The minimum Gasteiger partial charge on any atom is -0.508 e. The van der Waals surface area contributed by atoms with Crippen LogP contribution in [0, 0.1) is 0 Å². The number of carbonyl (C=O) groups excluding carboxylic acids is 1. The van der Waals surface area contributed by atoms with Crippen molar-refractivity contribution in [2.45, 2.75) is 45.1 Å². The first-order valence-corrected chi connectivity index (χ1v) is 6.80. The second kappa shape index (κ2) is 7.14. The van der Waals surface area contributed by atoms with Crippen molar-refractivity contribution in [1.29, 1.82) is 0 Å². The molecule has 0 saturated heterocycles. The molecule has 19 heavy (non-hydrogen) atoms. The number of unbranched alkanes of at least 4 members (excludes halogenated alkanes) is 1. The lowest BCUT2D eigenvalue weighted by atomic mass is 9.93. The van der Waals surface area contributed by atoms with Crippen LogP contribution in [-0.2, 0) is 0 Å². The standard InChI is InChI=1S/C15H23NO3/c1-3-5-10-15(19,4-2)11-16-14(18)12-6-8-13(17)9-7-12/h6-9,17,19H,3-5,10-11H2,1-2H3,(H,16,18). The fourth-order valence-corrected chi connectivity index (χ4v) is 1.86. The highest BCUT2D eigenvalue weighted by atomic mass is 16.3. The van der Waals surface area contributed by atoms with E-state index in [2.05, 4.69) is 12.2 Å². The van der Waals surface area contributed by atoms with Gasteiger partial charge in [0.25, 0.3) is 5.91 Å². The number of hydrogen-bond donors (Lipinski definition) is 3. The third-order valence-corrected chi connectivity index (χ3v) is 3.36. The summed E-state index contributed by atoms with van der Waals surface area (Å²) in [5.41, 5.74) is -0.352. The average molecular weight is 265 g/mol. The van der Waals surface area contributed by atoms with Gasteiger partial charge in [-0.25, -0.2) is 0 Å². The monoisotopic (exact) mass is 265 g/mol. The summed E-state index contributed by atoms with van der Waals surface area (Å²) in [5, 5.41) is 22.2. The van der Waals surface area contributed by atoms with E-state index in [4.69, 9.17) is 5.11 Å². The molecule has 106 valence electrons. The van der Waals surface area contributed by atoms with Crippen LogP contribution in [0.1, 0.15) is 49.9 Å². The Morgan fingerprint density at radius 3 is 2.42 bits per heavy atom. The molecule has 1 atom stereocenters. The number of rotatable bonds is 7. The summed E-state index contributed by atoms with van der Waals surface area (Å²) in [6.45, 7) is 4.25. The van der Waals surface area contributed by atoms with Crippen LogP contribution in [0.3, 0.4) is 0 Å². The molecule has 0 aliphatic heterocycles. The molecule has 0 spiro atoms. The smallest absolute Gasteiger partial charge is 0.251 e. The molecule has 0 saturated carbocycles. The molecule has 0 aromatic heterocycles. The van der Waals surface area contributed by atoms with E-state index in [0.29, 0.717) is 18.4 Å². The topological polar surface area (TPSA) is 69.6 Å². The number of amides is 1. The number of nitrogens with one attached hydrogen (secondary N) is 1. The van der Waals surface area contributed by atoms with Gasteiger partial charge in [-0.05, 0) is 37.1 Å². The molecule has 0 fully saturated rings. The second-order valence-electron chi connectivity index (χ2n) is 4.91. The predicted octanol–water partition coefficient (Wildman–Crippen LogP) is 2.45. The zero-order chi connectivity index (χ0) is 14.3. The van der Waals surface area contributed by atoms with Gasteiger partial charge in [0.2, 0.25) is 0 Å². The van der Waals surface area contributed by atoms with Crippen LogP contribution in [0.2, 0.25) is 0 Å². The highest BCUT2D eigenvalue weighted by molar-refractivity contribution is 5.94. The Bertz CT molecular complexity index is 402. The SMILES string of the molecule is CCCCC(O)(CC)CNC(=O)c1ccc(O)cc1. The number of carbonyl (C=O) groups is 1. The summed E-state index contributed by atoms with van der Waals surface area (Å²) in [6.07, 6.45) is 3.27. The van der Waals surface area contributed by atoms with Crippen LogP contribution in [0.15, 0.2) is 24.3 Å². The van der Waals surface area contributed by atoms with Crippen LogP contribution < -0.4 is 5.32 Å². The Hall–Kier alpha value is -1.55. The lowest BCUT2D eigenvalue weighted by molar-refractivity contribution is 0.0250. The zero-order valence-electron chi connectivity index (χ0n) is 11.6. The third-order valence-electron chi connectivity index (χ3n) is 3.36. The lowest BCUT2D eigenvalue weighted by Gasteiger charge is -2.27. The predicted molar refractivity (Wildman–Crippen MR) is 75.2 cm³/mol. The Morgan fingerprint density at radius 1 is 1.26 bits per heavy atom. The van der Waals surface area contributed by atoms with Crippen LogP contribution in [0.25, 0.3) is 0 Å². The first kappa shape index (κ1) is 15.5. The minimum atomic E-state index is -0.831. The van der Waals surface area contributed by atoms with Crippen molar-refractivity contribution in [2.24, 2.45) is 0 Å². The molecule has 0 radical (unpaired) electrons. The van der Waals surface area contributed by atoms with Gasteiger partial charge in [-0.3, -0.25) is 4.79 Å². The maximum atomic E-state index is 11.9. The van der Waals surface area contributed by atoms with Gasteiger partial charge in [-0.2, -0.15) is 0 Å². The van der Waals surface area contributed by atoms with Crippen molar-refractivity contribution in [3.05, 3.63) is 29.8 Å². The molecular formula is C15H23NO3. The zero-order valence-corrected chi connectivity index (χ0v) is 11.6. The van der Waals surface area contributed by atoms with Crippen molar-refractivity contribution >= 4 is 5.91 Å². The molecule has 4 nitrogen and oxygen atoms in total. The summed E-state index contributed by atoms with van der Waals surface area (Å²) < 4.78 is 0. The van der Waals surface area contributed by atoms with Crippen molar-refractivity contribution in [1.82, 2.24) is 5.32 Å². The molecule has 1 rings (SSSR count). The van der Waals surface area contributed by atoms with Crippen LogP contribution >= 0.6 is 0 Å². The normalized spacial score (nSPS) is 13.8. The van der Waals surface area contributed by atoms with Crippen LogP contribution in [-0.4, -0.2) is 28.3 Å². The van der Waals surface area contributed by atoms with Crippen molar-refractivity contribution in [3.8, 4) is 5.75 Å². The van der Waals surface area contributed by atoms with E-state index in [1.807, 2.05) is 6.92 Å². The number of aliphatic hydroxyl groups is 1. The molecule has 3 N–H and O–H groups in total. The largest absolute Gasteiger partial charge is 0.508 e. The van der Waals surface area contributed by atoms with Gasteiger partial charge < -0.3 is 15.5 Å². The molecule has 0 aliphatic rings. The second-order valence-corrected chi connectivity index (χ2v) is 4.91. The van der Waals surface area contributed by atoms with Gasteiger partial charge in [0, 0.05) is 12.1 Å². The molecule has 1 aromatic rings. The fraction of sp³-hybridized carbons (Fsp3) is 0.533. The van der Waals surface area contributed by atoms with E-state index in [1.54, 1.807) is 12.1 Å².